The van der Waals surface area contributed by atoms with Gasteiger partial charge >= 0.3 is 0 Å². The van der Waals surface area contributed by atoms with Crippen molar-refractivity contribution in [3.63, 3.8) is 0 Å². The van der Waals surface area contributed by atoms with Crippen LogP contribution in [0.3, 0.4) is 0 Å². The summed E-state index contributed by atoms with van der Waals surface area (Å²) in [6.07, 6.45) is 5.72. The molecule has 28 heavy (non-hydrogen) atoms. The van der Waals surface area contributed by atoms with E-state index in [2.05, 4.69) is 15.2 Å². The van der Waals surface area contributed by atoms with Crippen LogP contribution < -0.4 is 11.1 Å². The number of nitrogens with zero attached hydrogens (tertiary/aromatic N) is 2. The number of carbonyl (C=O) groups is 1. The fourth-order valence-corrected chi connectivity index (χ4v) is 4.86. The number of hydrogen-bond donors (Lipinski definition) is 2. The third-order valence-corrected chi connectivity index (χ3v) is 6.16. The zero-order valence-electron chi connectivity index (χ0n) is 16.5. The number of guanidine groups is 1. The van der Waals surface area contributed by atoms with Gasteiger partial charge < -0.3 is 16.0 Å². The molecule has 1 aliphatic carbocycles. The van der Waals surface area contributed by atoms with Gasteiger partial charge in [0, 0.05) is 44.1 Å². The number of carbonyl (C=O) groups excluding carboxylic acids is 1. The number of amides is 1. The zero-order chi connectivity index (χ0) is 20.1. The first-order valence-electron chi connectivity index (χ1n) is 10.1. The lowest BCUT2D eigenvalue weighted by Gasteiger charge is -2.37. The van der Waals surface area contributed by atoms with Crippen LogP contribution in [-0.4, -0.2) is 43.4 Å². The van der Waals surface area contributed by atoms with Crippen LogP contribution in [0.15, 0.2) is 23.2 Å². The number of benzene rings is 1. The van der Waals surface area contributed by atoms with Crippen molar-refractivity contribution in [3.8, 4) is 0 Å². The molecule has 1 saturated heterocycles. The fourth-order valence-electron chi connectivity index (χ4n) is 4.86. The molecule has 2 aliphatic rings. The minimum atomic E-state index is -0.562. The van der Waals surface area contributed by atoms with Crippen molar-refractivity contribution in [2.24, 2.45) is 16.6 Å². The van der Waals surface area contributed by atoms with Crippen molar-refractivity contribution in [2.45, 2.75) is 50.4 Å². The Bertz CT molecular complexity index is 711. The number of hydrogen-bond acceptors (Lipinski definition) is 2. The highest BCUT2D eigenvalue weighted by Gasteiger charge is 2.40. The highest BCUT2D eigenvalue weighted by molar-refractivity contribution is 5.80. The first kappa shape index (κ1) is 20.6. The second kappa shape index (κ2) is 8.88. The second-order valence-electron chi connectivity index (χ2n) is 8.11. The molecular formula is C21H30F2N4O. The molecule has 2 fully saturated rings. The zero-order valence-corrected chi connectivity index (χ0v) is 16.5. The highest BCUT2D eigenvalue weighted by Crippen LogP contribution is 2.42. The summed E-state index contributed by atoms with van der Waals surface area (Å²) in [5.41, 5.74) is 4.99. The molecule has 0 aromatic heterocycles. The monoisotopic (exact) mass is 392 g/mol. The Labute approximate surface area is 165 Å². The van der Waals surface area contributed by atoms with E-state index in [4.69, 9.17) is 5.73 Å². The van der Waals surface area contributed by atoms with E-state index in [1.807, 2.05) is 0 Å². The van der Waals surface area contributed by atoms with Crippen LogP contribution in [0.5, 0.6) is 0 Å². The topological polar surface area (TPSA) is 70.7 Å². The standard InChI is InChI=1S/C21H30F2N4O/c1-25-20(27-11-5-6-15(13-27)12-18(24)28)26-14-21(9-2-3-10-21)19-16(22)7-4-8-17(19)23/h4,7-8,15H,2-3,5-6,9-14H2,1H3,(H2,24,28)(H,25,26). The Morgan fingerprint density at radius 2 is 1.96 bits per heavy atom. The van der Waals surface area contributed by atoms with Gasteiger partial charge in [0.25, 0.3) is 0 Å². The normalized spacial score (nSPS) is 22.3. The summed E-state index contributed by atoms with van der Waals surface area (Å²) in [5, 5.41) is 3.38. The minimum Gasteiger partial charge on any atom is -0.370 e. The summed E-state index contributed by atoms with van der Waals surface area (Å²) in [6.45, 7) is 1.99. The Kier molecular flexibility index (Phi) is 6.52. The second-order valence-corrected chi connectivity index (χ2v) is 8.11. The Morgan fingerprint density at radius 3 is 2.57 bits per heavy atom. The van der Waals surface area contributed by atoms with E-state index in [0.29, 0.717) is 19.5 Å². The number of nitrogens with two attached hydrogens (primary N) is 1. The van der Waals surface area contributed by atoms with Crippen LogP contribution in [0.25, 0.3) is 0 Å². The van der Waals surface area contributed by atoms with Gasteiger partial charge in [-0.05, 0) is 43.7 Å². The van der Waals surface area contributed by atoms with Crippen molar-refractivity contribution >= 4 is 11.9 Å². The van der Waals surface area contributed by atoms with Crippen LogP contribution in [0.1, 0.15) is 50.5 Å². The average molecular weight is 392 g/mol. The Hall–Kier alpha value is -2.18. The SMILES string of the molecule is CN=C(NCC1(c2c(F)cccc2F)CCCC1)N1CCCC(CC(N)=O)C1. The van der Waals surface area contributed by atoms with E-state index in [-0.39, 0.29) is 17.4 Å². The van der Waals surface area contributed by atoms with Crippen molar-refractivity contribution < 1.29 is 13.6 Å². The molecule has 1 atom stereocenters. The maximum Gasteiger partial charge on any atom is 0.217 e. The van der Waals surface area contributed by atoms with E-state index in [0.717, 1.165) is 51.0 Å². The molecule has 1 heterocycles. The van der Waals surface area contributed by atoms with Gasteiger partial charge in [-0.1, -0.05) is 18.9 Å². The number of likely N-dealkylation sites (tertiary alicyclic amines) is 1. The van der Waals surface area contributed by atoms with Crippen molar-refractivity contribution in [2.75, 3.05) is 26.7 Å². The van der Waals surface area contributed by atoms with Crippen LogP contribution in [0.2, 0.25) is 0 Å². The summed E-state index contributed by atoms with van der Waals surface area (Å²) in [5.74, 6) is -0.294. The van der Waals surface area contributed by atoms with Crippen molar-refractivity contribution in [1.82, 2.24) is 10.2 Å². The van der Waals surface area contributed by atoms with E-state index >= 15 is 0 Å². The lowest BCUT2D eigenvalue weighted by Crippen LogP contribution is -2.50. The molecule has 1 aromatic carbocycles. The van der Waals surface area contributed by atoms with Gasteiger partial charge in [-0.25, -0.2) is 8.78 Å². The highest BCUT2D eigenvalue weighted by atomic mass is 19.1. The van der Waals surface area contributed by atoms with Gasteiger partial charge in [0.05, 0.1) is 0 Å². The molecule has 3 rings (SSSR count). The van der Waals surface area contributed by atoms with Crippen molar-refractivity contribution in [1.29, 1.82) is 0 Å². The Morgan fingerprint density at radius 1 is 1.29 bits per heavy atom. The van der Waals surface area contributed by atoms with Crippen LogP contribution in [-0.2, 0) is 10.2 Å². The molecule has 0 radical (unpaired) electrons. The lowest BCUT2D eigenvalue weighted by molar-refractivity contribution is -0.119. The summed E-state index contributed by atoms with van der Waals surface area (Å²) < 4.78 is 29.1. The molecule has 1 unspecified atom stereocenters. The molecule has 0 bridgehead atoms. The lowest BCUT2D eigenvalue weighted by atomic mass is 9.78. The van der Waals surface area contributed by atoms with Crippen LogP contribution in [0, 0.1) is 17.6 Å². The smallest absolute Gasteiger partial charge is 0.217 e. The van der Waals surface area contributed by atoms with E-state index in [9.17, 15) is 13.6 Å². The first-order valence-corrected chi connectivity index (χ1v) is 10.1. The number of primary amides is 1. The van der Waals surface area contributed by atoms with Crippen LogP contribution in [0.4, 0.5) is 8.78 Å². The molecule has 0 spiro atoms. The number of aliphatic imine (C=N–C) groups is 1. The molecule has 5 nitrogen and oxygen atoms in total. The summed E-state index contributed by atoms with van der Waals surface area (Å²) >= 11 is 0. The molecule has 1 amide bonds. The van der Waals surface area contributed by atoms with Gasteiger partial charge in [0.1, 0.15) is 11.6 Å². The van der Waals surface area contributed by atoms with Gasteiger partial charge in [-0.2, -0.15) is 0 Å². The number of nitrogens with one attached hydrogen (secondary N) is 1. The fraction of sp³-hybridized carbons (Fsp3) is 0.619. The minimum absolute atomic E-state index is 0.195. The molecule has 1 aromatic rings. The van der Waals surface area contributed by atoms with Crippen LogP contribution >= 0.6 is 0 Å². The van der Waals surface area contributed by atoms with Gasteiger partial charge in [0.2, 0.25) is 5.91 Å². The molecule has 154 valence electrons. The van der Waals surface area contributed by atoms with Gasteiger partial charge in [-0.3, -0.25) is 9.79 Å². The first-order chi connectivity index (χ1) is 13.4. The molecular weight excluding hydrogens is 362 g/mol. The quantitative estimate of drug-likeness (QED) is 0.598. The Balaban J connectivity index is 1.73. The van der Waals surface area contributed by atoms with Gasteiger partial charge in [0.15, 0.2) is 5.96 Å². The molecule has 3 N–H and O–H groups in total. The number of rotatable bonds is 5. The van der Waals surface area contributed by atoms with Gasteiger partial charge in [-0.15, -0.1) is 0 Å². The predicted molar refractivity (Wildman–Crippen MR) is 106 cm³/mol. The molecule has 1 aliphatic heterocycles. The average Bonchev–Trinajstić information content (AvgIpc) is 3.11. The number of piperidine rings is 1. The third kappa shape index (κ3) is 4.45. The molecule has 7 heteroatoms. The summed E-state index contributed by atoms with van der Waals surface area (Å²) in [6, 6.07) is 4.09. The largest absolute Gasteiger partial charge is 0.370 e. The maximum atomic E-state index is 14.5. The van der Waals surface area contributed by atoms with E-state index in [1.165, 1.54) is 18.2 Å². The third-order valence-electron chi connectivity index (χ3n) is 6.16. The van der Waals surface area contributed by atoms with E-state index < -0.39 is 17.0 Å². The number of halogens is 2. The maximum absolute atomic E-state index is 14.5. The predicted octanol–water partition coefficient (Wildman–Crippen LogP) is 2.94. The molecule has 1 saturated carbocycles. The van der Waals surface area contributed by atoms with Crippen molar-refractivity contribution in [3.05, 3.63) is 35.4 Å². The summed E-state index contributed by atoms with van der Waals surface area (Å²) in [7, 11) is 1.71. The van der Waals surface area contributed by atoms with E-state index in [1.54, 1.807) is 7.05 Å². The summed E-state index contributed by atoms with van der Waals surface area (Å²) in [4.78, 5) is 17.8.